The van der Waals surface area contributed by atoms with Crippen molar-refractivity contribution in [1.29, 1.82) is 0 Å². The van der Waals surface area contributed by atoms with Gasteiger partial charge in [0.1, 0.15) is 5.82 Å². The molecule has 1 aromatic carbocycles. The van der Waals surface area contributed by atoms with Crippen LogP contribution < -0.4 is 10.2 Å². The standard InChI is InChI=1S/C17H21N3O/c1-20(2)16-15(11-7-12-18-16)17(21)19-13-6-10-14-8-4-3-5-9-14/h3-5,7-9,11-12H,6,10,13H2,1-2H3,(H,19,21). The molecule has 0 aliphatic carbocycles. The number of amides is 1. The van der Waals surface area contributed by atoms with Gasteiger partial charge in [0.2, 0.25) is 0 Å². The topological polar surface area (TPSA) is 45.2 Å². The highest BCUT2D eigenvalue weighted by Crippen LogP contribution is 2.13. The Morgan fingerprint density at radius 2 is 1.90 bits per heavy atom. The highest BCUT2D eigenvalue weighted by atomic mass is 16.1. The number of nitrogens with zero attached hydrogens (tertiary/aromatic N) is 2. The number of hydrogen-bond acceptors (Lipinski definition) is 3. The van der Waals surface area contributed by atoms with Crippen LogP contribution in [0.15, 0.2) is 48.7 Å². The number of nitrogens with one attached hydrogen (secondary N) is 1. The summed E-state index contributed by atoms with van der Waals surface area (Å²) in [5.74, 6) is 0.623. The molecular formula is C17H21N3O. The Bertz CT molecular complexity index is 582. The van der Waals surface area contributed by atoms with Crippen molar-refractivity contribution in [2.75, 3.05) is 25.5 Å². The molecule has 0 saturated heterocycles. The van der Waals surface area contributed by atoms with Crippen molar-refractivity contribution in [1.82, 2.24) is 10.3 Å². The van der Waals surface area contributed by atoms with Crippen LogP contribution in [0.3, 0.4) is 0 Å². The van der Waals surface area contributed by atoms with E-state index in [1.165, 1.54) is 5.56 Å². The minimum Gasteiger partial charge on any atom is -0.362 e. The molecule has 0 radical (unpaired) electrons. The maximum Gasteiger partial charge on any atom is 0.255 e. The number of aromatic nitrogens is 1. The molecule has 0 unspecified atom stereocenters. The van der Waals surface area contributed by atoms with E-state index in [-0.39, 0.29) is 5.91 Å². The summed E-state index contributed by atoms with van der Waals surface area (Å²) >= 11 is 0. The molecule has 0 atom stereocenters. The van der Waals surface area contributed by atoms with Crippen LogP contribution >= 0.6 is 0 Å². The molecule has 2 aromatic rings. The van der Waals surface area contributed by atoms with Gasteiger partial charge in [-0.15, -0.1) is 0 Å². The number of carbonyl (C=O) groups is 1. The number of aryl methyl sites for hydroxylation is 1. The molecule has 1 amide bonds. The van der Waals surface area contributed by atoms with Crippen LogP contribution in [0.1, 0.15) is 22.3 Å². The Kier molecular flexibility index (Phi) is 5.32. The van der Waals surface area contributed by atoms with Crippen molar-refractivity contribution in [3.05, 3.63) is 59.8 Å². The first-order valence-electron chi connectivity index (χ1n) is 7.13. The lowest BCUT2D eigenvalue weighted by Gasteiger charge is -2.15. The molecule has 21 heavy (non-hydrogen) atoms. The largest absolute Gasteiger partial charge is 0.362 e. The third kappa shape index (κ3) is 4.31. The van der Waals surface area contributed by atoms with Gasteiger partial charge in [-0.3, -0.25) is 4.79 Å². The fourth-order valence-corrected chi connectivity index (χ4v) is 2.16. The molecule has 0 aliphatic rings. The molecule has 4 heteroatoms. The second kappa shape index (κ2) is 7.43. The molecule has 1 N–H and O–H groups in total. The molecular weight excluding hydrogens is 262 g/mol. The van der Waals surface area contributed by atoms with E-state index in [1.54, 1.807) is 18.3 Å². The van der Waals surface area contributed by atoms with Crippen LogP contribution in [0, 0.1) is 0 Å². The number of carbonyl (C=O) groups excluding carboxylic acids is 1. The summed E-state index contributed by atoms with van der Waals surface area (Å²) in [5, 5.41) is 2.96. The lowest BCUT2D eigenvalue weighted by atomic mass is 10.1. The summed E-state index contributed by atoms with van der Waals surface area (Å²) in [6.45, 7) is 0.662. The third-order valence-corrected chi connectivity index (χ3v) is 3.23. The summed E-state index contributed by atoms with van der Waals surface area (Å²) < 4.78 is 0. The van der Waals surface area contributed by atoms with Crippen molar-refractivity contribution in [2.24, 2.45) is 0 Å². The second-order valence-corrected chi connectivity index (χ2v) is 5.11. The minimum absolute atomic E-state index is 0.0696. The van der Waals surface area contributed by atoms with Gasteiger partial charge in [-0.25, -0.2) is 4.98 Å². The maximum absolute atomic E-state index is 12.2. The average Bonchev–Trinajstić information content (AvgIpc) is 2.52. The number of benzene rings is 1. The Balaban J connectivity index is 1.85. The Hall–Kier alpha value is -2.36. The van der Waals surface area contributed by atoms with Crippen LogP contribution in [0.2, 0.25) is 0 Å². The first-order chi connectivity index (χ1) is 10.2. The number of rotatable bonds is 6. The van der Waals surface area contributed by atoms with Crippen molar-refractivity contribution < 1.29 is 4.79 Å². The van der Waals surface area contributed by atoms with Gasteiger partial charge in [0.25, 0.3) is 5.91 Å². The Morgan fingerprint density at radius 3 is 2.62 bits per heavy atom. The first kappa shape index (κ1) is 15.0. The molecule has 4 nitrogen and oxygen atoms in total. The predicted octanol–water partition coefficient (Wildman–Crippen LogP) is 2.51. The summed E-state index contributed by atoms with van der Waals surface area (Å²) in [6, 6.07) is 13.9. The Labute approximate surface area is 125 Å². The molecule has 0 fully saturated rings. The van der Waals surface area contributed by atoms with Gasteiger partial charge in [0, 0.05) is 26.8 Å². The van der Waals surface area contributed by atoms with E-state index in [1.807, 2.05) is 37.2 Å². The van der Waals surface area contributed by atoms with Crippen molar-refractivity contribution in [3.63, 3.8) is 0 Å². The van der Waals surface area contributed by atoms with Crippen LogP contribution in [0.4, 0.5) is 5.82 Å². The molecule has 2 rings (SSSR count). The van der Waals surface area contributed by atoms with E-state index in [9.17, 15) is 4.79 Å². The van der Waals surface area contributed by atoms with Crippen LogP contribution in [0.5, 0.6) is 0 Å². The van der Waals surface area contributed by atoms with Gasteiger partial charge in [-0.05, 0) is 30.5 Å². The monoisotopic (exact) mass is 283 g/mol. The summed E-state index contributed by atoms with van der Waals surface area (Å²) in [5.41, 5.74) is 1.91. The summed E-state index contributed by atoms with van der Waals surface area (Å²) in [7, 11) is 3.77. The fourth-order valence-electron chi connectivity index (χ4n) is 2.16. The quantitative estimate of drug-likeness (QED) is 0.829. The van der Waals surface area contributed by atoms with Crippen molar-refractivity contribution >= 4 is 11.7 Å². The summed E-state index contributed by atoms with van der Waals surface area (Å²) in [4.78, 5) is 18.3. The van der Waals surface area contributed by atoms with E-state index < -0.39 is 0 Å². The minimum atomic E-state index is -0.0696. The van der Waals surface area contributed by atoms with Gasteiger partial charge in [0.15, 0.2) is 0 Å². The van der Waals surface area contributed by atoms with Crippen LogP contribution in [0.25, 0.3) is 0 Å². The van der Waals surface area contributed by atoms with Gasteiger partial charge in [-0.1, -0.05) is 30.3 Å². The molecule has 0 bridgehead atoms. The molecule has 110 valence electrons. The van der Waals surface area contributed by atoms with E-state index in [0.717, 1.165) is 12.8 Å². The molecule has 1 aromatic heterocycles. The number of anilines is 1. The van der Waals surface area contributed by atoms with Gasteiger partial charge in [0.05, 0.1) is 5.56 Å². The zero-order valence-electron chi connectivity index (χ0n) is 12.5. The lowest BCUT2D eigenvalue weighted by molar-refractivity contribution is 0.0953. The normalized spacial score (nSPS) is 10.2. The van der Waals surface area contributed by atoms with Gasteiger partial charge < -0.3 is 10.2 Å². The highest BCUT2D eigenvalue weighted by Gasteiger charge is 2.12. The second-order valence-electron chi connectivity index (χ2n) is 5.11. The van der Waals surface area contributed by atoms with Crippen molar-refractivity contribution in [2.45, 2.75) is 12.8 Å². The Morgan fingerprint density at radius 1 is 1.14 bits per heavy atom. The van der Waals surface area contributed by atoms with Gasteiger partial charge >= 0.3 is 0 Å². The zero-order valence-corrected chi connectivity index (χ0v) is 12.5. The lowest BCUT2D eigenvalue weighted by Crippen LogP contribution is -2.27. The van der Waals surface area contributed by atoms with E-state index in [4.69, 9.17) is 0 Å². The highest BCUT2D eigenvalue weighted by molar-refractivity contribution is 5.98. The molecule has 0 aliphatic heterocycles. The van der Waals surface area contributed by atoms with E-state index in [0.29, 0.717) is 17.9 Å². The first-order valence-corrected chi connectivity index (χ1v) is 7.13. The van der Waals surface area contributed by atoms with E-state index in [2.05, 4.69) is 22.4 Å². The third-order valence-electron chi connectivity index (χ3n) is 3.23. The zero-order chi connectivity index (χ0) is 15.1. The maximum atomic E-state index is 12.2. The smallest absolute Gasteiger partial charge is 0.255 e. The fraction of sp³-hybridized carbons (Fsp3) is 0.294. The summed E-state index contributed by atoms with van der Waals surface area (Å²) in [6.07, 6.45) is 3.59. The molecule has 1 heterocycles. The van der Waals surface area contributed by atoms with Crippen LogP contribution in [-0.4, -0.2) is 31.5 Å². The van der Waals surface area contributed by atoms with Crippen LogP contribution in [-0.2, 0) is 6.42 Å². The SMILES string of the molecule is CN(C)c1ncccc1C(=O)NCCCc1ccccc1. The molecule has 0 saturated carbocycles. The van der Waals surface area contributed by atoms with Crippen molar-refractivity contribution in [3.8, 4) is 0 Å². The van der Waals surface area contributed by atoms with E-state index >= 15 is 0 Å². The number of pyridine rings is 1. The predicted molar refractivity (Wildman–Crippen MR) is 85.7 cm³/mol. The molecule has 0 spiro atoms. The average molecular weight is 283 g/mol. The van der Waals surface area contributed by atoms with Gasteiger partial charge in [-0.2, -0.15) is 0 Å². The number of hydrogen-bond donors (Lipinski definition) is 1.